The van der Waals surface area contributed by atoms with Crippen LogP contribution in [0, 0.1) is 6.92 Å². The molecular formula is C23H18Cl2N2O3S. The van der Waals surface area contributed by atoms with Crippen LogP contribution in [0.1, 0.15) is 21.5 Å². The van der Waals surface area contributed by atoms with Crippen LogP contribution in [0.3, 0.4) is 0 Å². The third-order valence-corrected chi connectivity index (χ3v) is 6.34. The smallest absolute Gasteiger partial charge is 0.257 e. The lowest BCUT2D eigenvalue weighted by Crippen LogP contribution is -2.12. The van der Waals surface area contributed by atoms with Crippen molar-refractivity contribution in [2.75, 3.05) is 12.4 Å². The van der Waals surface area contributed by atoms with Crippen LogP contribution in [-0.2, 0) is 6.61 Å². The molecule has 0 radical (unpaired) electrons. The minimum atomic E-state index is -0.263. The third-order valence-electron chi connectivity index (χ3n) is 4.61. The number of carbonyl (C=O) groups is 1. The molecule has 0 aliphatic carbocycles. The Morgan fingerprint density at radius 1 is 1.10 bits per heavy atom. The number of methoxy groups -OCH3 is 1. The van der Waals surface area contributed by atoms with E-state index in [1.54, 1.807) is 43.5 Å². The highest BCUT2D eigenvalue weighted by Gasteiger charge is 2.14. The topological polar surface area (TPSA) is 60.5 Å². The second-order valence-corrected chi connectivity index (χ2v) is 8.63. The van der Waals surface area contributed by atoms with Gasteiger partial charge in [-0.05, 0) is 55.0 Å². The van der Waals surface area contributed by atoms with E-state index in [1.165, 1.54) is 11.3 Å². The number of aromatic nitrogens is 1. The molecule has 1 aromatic heterocycles. The van der Waals surface area contributed by atoms with Crippen molar-refractivity contribution < 1.29 is 14.3 Å². The number of thiazole rings is 1. The van der Waals surface area contributed by atoms with Crippen LogP contribution >= 0.6 is 34.5 Å². The SMILES string of the molecule is COc1ccc(C(=O)Nc2nc3ccc(C)cc3s2)cc1COc1cccc(Cl)c1Cl. The number of benzene rings is 3. The van der Waals surface area contributed by atoms with Crippen LogP contribution in [0.5, 0.6) is 11.5 Å². The molecule has 0 saturated carbocycles. The molecule has 0 atom stereocenters. The molecule has 8 heteroatoms. The van der Waals surface area contributed by atoms with E-state index in [9.17, 15) is 4.79 Å². The molecule has 0 fully saturated rings. The fraction of sp³-hybridized carbons (Fsp3) is 0.130. The number of fused-ring (bicyclic) bond motifs is 1. The van der Waals surface area contributed by atoms with Crippen LogP contribution in [0.15, 0.2) is 54.6 Å². The van der Waals surface area contributed by atoms with Gasteiger partial charge in [0.15, 0.2) is 5.13 Å². The van der Waals surface area contributed by atoms with Crippen LogP contribution in [0.4, 0.5) is 5.13 Å². The molecule has 4 aromatic rings. The number of aryl methyl sites for hydroxylation is 1. The van der Waals surface area contributed by atoms with Crippen LogP contribution < -0.4 is 14.8 Å². The van der Waals surface area contributed by atoms with Gasteiger partial charge in [0.05, 0.1) is 22.3 Å². The van der Waals surface area contributed by atoms with Crippen molar-refractivity contribution in [3.05, 3.63) is 81.3 Å². The summed E-state index contributed by atoms with van der Waals surface area (Å²) in [5.41, 5.74) is 3.17. The minimum absolute atomic E-state index is 0.158. The highest BCUT2D eigenvalue weighted by Crippen LogP contribution is 2.33. The van der Waals surface area contributed by atoms with E-state index in [4.69, 9.17) is 32.7 Å². The highest BCUT2D eigenvalue weighted by atomic mass is 35.5. The first-order chi connectivity index (χ1) is 14.9. The first-order valence-electron chi connectivity index (χ1n) is 9.37. The molecule has 4 rings (SSSR count). The molecule has 1 heterocycles. The van der Waals surface area contributed by atoms with Crippen molar-refractivity contribution in [3.63, 3.8) is 0 Å². The average Bonchev–Trinajstić information content (AvgIpc) is 3.15. The molecule has 0 bridgehead atoms. The molecule has 31 heavy (non-hydrogen) atoms. The summed E-state index contributed by atoms with van der Waals surface area (Å²) in [5, 5.41) is 4.16. The molecule has 1 amide bonds. The number of nitrogens with one attached hydrogen (secondary N) is 1. The van der Waals surface area contributed by atoms with Gasteiger partial charge in [0, 0.05) is 11.1 Å². The molecule has 1 N–H and O–H groups in total. The van der Waals surface area contributed by atoms with Gasteiger partial charge in [-0.2, -0.15) is 0 Å². The van der Waals surface area contributed by atoms with Gasteiger partial charge < -0.3 is 9.47 Å². The van der Waals surface area contributed by atoms with Crippen molar-refractivity contribution in [2.24, 2.45) is 0 Å². The Balaban J connectivity index is 1.54. The number of ether oxygens (including phenoxy) is 2. The van der Waals surface area contributed by atoms with Crippen molar-refractivity contribution in [1.29, 1.82) is 0 Å². The Kier molecular flexibility index (Phi) is 6.32. The zero-order valence-corrected chi connectivity index (χ0v) is 19.1. The van der Waals surface area contributed by atoms with Crippen LogP contribution in [0.25, 0.3) is 10.2 Å². The van der Waals surface area contributed by atoms with Crippen LogP contribution in [-0.4, -0.2) is 18.0 Å². The number of nitrogens with zero attached hydrogens (tertiary/aromatic N) is 1. The van der Waals surface area contributed by atoms with E-state index in [1.807, 2.05) is 25.1 Å². The molecule has 5 nitrogen and oxygen atoms in total. The zero-order valence-electron chi connectivity index (χ0n) is 16.7. The molecule has 0 saturated heterocycles. The summed E-state index contributed by atoms with van der Waals surface area (Å²) in [6, 6.07) is 16.3. The van der Waals surface area contributed by atoms with Gasteiger partial charge in [-0.1, -0.05) is 46.7 Å². The number of carbonyl (C=O) groups excluding carboxylic acids is 1. The highest BCUT2D eigenvalue weighted by molar-refractivity contribution is 7.22. The van der Waals surface area contributed by atoms with E-state index in [2.05, 4.69) is 10.3 Å². The number of halogens is 2. The molecule has 0 aliphatic heterocycles. The summed E-state index contributed by atoms with van der Waals surface area (Å²) in [4.78, 5) is 17.3. The molecule has 0 spiro atoms. The fourth-order valence-corrected chi connectivity index (χ4v) is 4.34. The summed E-state index contributed by atoms with van der Waals surface area (Å²) < 4.78 is 12.2. The molecule has 0 aliphatic rings. The van der Waals surface area contributed by atoms with E-state index >= 15 is 0 Å². The summed E-state index contributed by atoms with van der Waals surface area (Å²) >= 11 is 13.7. The maximum absolute atomic E-state index is 12.8. The summed E-state index contributed by atoms with van der Waals surface area (Å²) in [6.07, 6.45) is 0. The number of hydrogen-bond acceptors (Lipinski definition) is 5. The lowest BCUT2D eigenvalue weighted by atomic mass is 10.1. The van der Waals surface area contributed by atoms with Crippen molar-refractivity contribution in [3.8, 4) is 11.5 Å². The molecular weight excluding hydrogens is 455 g/mol. The number of hydrogen-bond donors (Lipinski definition) is 1. The van der Waals surface area contributed by atoms with Gasteiger partial charge in [0.2, 0.25) is 0 Å². The maximum Gasteiger partial charge on any atom is 0.257 e. The van der Waals surface area contributed by atoms with Gasteiger partial charge in [-0.3, -0.25) is 10.1 Å². The quantitative estimate of drug-likeness (QED) is 0.337. The average molecular weight is 473 g/mol. The normalized spacial score (nSPS) is 10.8. The summed E-state index contributed by atoms with van der Waals surface area (Å²) in [5.74, 6) is 0.793. The Hall–Kier alpha value is -2.80. The Morgan fingerprint density at radius 2 is 1.94 bits per heavy atom. The van der Waals surface area contributed by atoms with Crippen molar-refractivity contribution >= 4 is 55.8 Å². The first-order valence-corrected chi connectivity index (χ1v) is 10.9. The van der Waals surface area contributed by atoms with E-state index in [0.717, 1.165) is 15.8 Å². The molecule has 158 valence electrons. The van der Waals surface area contributed by atoms with E-state index in [0.29, 0.717) is 37.8 Å². The van der Waals surface area contributed by atoms with Crippen molar-refractivity contribution in [2.45, 2.75) is 13.5 Å². The standard InChI is InChI=1S/C23H18Cl2N2O3S/c1-13-6-8-17-20(10-13)31-23(26-17)27-22(28)14-7-9-18(29-2)15(11-14)12-30-19-5-3-4-16(24)21(19)25/h3-11H,12H2,1-2H3,(H,26,27,28). The second-order valence-electron chi connectivity index (χ2n) is 6.81. The predicted molar refractivity (Wildman–Crippen MR) is 126 cm³/mol. The zero-order chi connectivity index (χ0) is 22.0. The van der Waals surface area contributed by atoms with E-state index < -0.39 is 0 Å². The number of amides is 1. The lowest BCUT2D eigenvalue weighted by Gasteiger charge is -2.13. The Morgan fingerprint density at radius 3 is 2.74 bits per heavy atom. The van der Waals surface area contributed by atoms with Gasteiger partial charge in [-0.25, -0.2) is 4.98 Å². The predicted octanol–water partition coefficient (Wildman–Crippen LogP) is 6.75. The Labute approximate surface area is 193 Å². The Bertz CT molecular complexity index is 1270. The second kappa shape index (κ2) is 9.14. The van der Waals surface area contributed by atoms with Gasteiger partial charge in [-0.15, -0.1) is 0 Å². The lowest BCUT2D eigenvalue weighted by molar-refractivity contribution is 0.102. The van der Waals surface area contributed by atoms with Crippen molar-refractivity contribution in [1.82, 2.24) is 4.98 Å². The molecule has 0 unspecified atom stereocenters. The van der Waals surface area contributed by atoms with Gasteiger partial charge >= 0.3 is 0 Å². The largest absolute Gasteiger partial charge is 0.496 e. The third kappa shape index (κ3) is 4.77. The van der Waals surface area contributed by atoms with Crippen LogP contribution in [0.2, 0.25) is 10.0 Å². The minimum Gasteiger partial charge on any atom is -0.496 e. The summed E-state index contributed by atoms with van der Waals surface area (Å²) in [6.45, 7) is 2.18. The number of anilines is 1. The monoisotopic (exact) mass is 472 g/mol. The van der Waals surface area contributed by atoms with Gasteiger partial charge in [0.25, 0.3) is 5.91 Å². The first kappa shape index (κ1) is 21.4. The maximum atomic E-state index is 12.8. The fourth-order valence-electron chi connectivity index (χ4n) is 3.04. The van der Waals surface area contributed by atoms with Gasteiger partial charge in [0.1, 0.15) is 23.1 Å². The van der Waals surface area contributed by atoms with E-state index in [-0.39, 0.29) is 12.5 Å². The molecule has 3 aromatic carbocycles. The summed E-state index contributed by atoms with van der Waals surface area (Å²) in [7, 11) is 1.56. The number of rotatable bonds is 6.